The first-order valence-corrected chi connectivity index (χ1v) is 47.6. The predicted octanol–water partition coefficient (Wildman–Crippen LogP) is 31.2. The summed E-state index contributed by atoms with van der Waals surface area (Å²) in [6.07, 6.45) is 32.2. The van der Waals surface area contributed by atoms with E-state index in [4.69, 9.17) is 17.7 Å². The van der Waals surface area contributed by atoms with Crippen LogP contribution in [-0.2, 0) is 7.05 Å². The second-order valence-corrected chi connectivity index (χ2v) is 23.1. The summed E-state index contributed by atoms with van der Waals surface area (Å²) in [6.45, 7) is 90.7. The average molecular weight is 1850 g/mol. The van der Waals surface area contributed by atoms with Gasteiger partial charge in [-0.25, -0.2) is 34.3 Å². The van der Waals surface area contributed by atoms with Crippen molar-refractivity contribution in [1.82, 2.24) is 115 Å². The van der Waals surface area contributed by atoms with Gasteiger partial charge < -0.3 is 37.1 Å². The van der Waals surface area contributed by atoms with Crippen LogP contribution in [0.2, 0.25) is 0 Å². The normalized spacial score (nSPS) is 7.49. The molecule has 0 saturated carbocycles. The fraction of sp³-hybridized carbons (Fsp3) is 0.495. The van der Waals surface area contributed by atoms with Gasteiger partial charge in [-0.15, -0.1) is 44.2 Å². The largest absolute Gasteiger partial charge is 0.470 e. The minimum atomic E-state index is 0.623. The van der Waals surface area contributed by atoms with E-state index in [0.29, 0.717) is 11.8 Å². The van der Waals surface area contributed by atoms with E-state index in [1.165, 1.54) is 50.9 Å². The van der Waals surface area contributed by atoms with Crippen LogP contribution in [0.4, 0.5) is 0 Å². The van der Waals surface area contributed by atoms with Gasteiger partial charge in [0.15, 0.2) is 12.3 Å². The first-order valence-electron chi connectivity index (χ1n) is 44.2. The molecule has 0 aliphatic heterocycles. The van der Waals surface area contributed by atoms with E-state index in [-0.39, 0.29) is 0 Å². The molecular weight excluding hydrogens is 1670 g/mol. The first-order chi connectivity index (χ1) is 61.7. The molecule has 0 unspecified atom stereocenters. The highest BCUT2D eigenvalue weighted by Gasteiger charge is 1.90. The maximum Gasteiger partial charge on any atom is 0.213 e. The van der Waals surface area contributed by atoms with Gasteiger partial charge in [0.05, 0.1) is 41.7 Å². The van der Waals surface area contributed by atoms with Gasteiger partial charge in [0.2, 0.25) is 11.8 Å². The van der Waals surface area contributed by atoms with Crippen molar-refractivity contribution in [1.29, 1.82) is 0 Å². The Labute approximate surface area is 787 Å². The number of furan rings is 1. The molecule has 0 amide bonds. The number of thiazole rings is 2. The number of hydrogen-bond donors (Lipinski definition) is 6. The van der Waals surface area contributed by atoms with Gasteiger partial charge in [0, 0.05) is 133 Å². The molecule has 16 aromatic heterocycles. The molecule has 0 aromatic carbocycles. The van der Waals surface area contributed by atoms with Crippen molar-refractivity contribution in [3.8, 4) is 0 Å². The second kappa shape index (κ2) is 141. The Morgan fingerprint density at radius 1 is 0.346 bits per heavy atom. The van der Waals surface area contributed by atoms with Crippen LogP contribution in [0.3, 0.4) is 0 Å². The number of imidazole rings is 2. The summed E-state index contributed by atoms with van der Waals surface area (Å²) in [5, 5.41) is 38.6. The average Bonchev–Trinajstić information content (AvgIpc) is 1.83. The number of aromatic amines is 6. The SMILES string of the molecule is CC.CC.CC.CC.CC.CC.CC.CC.CC.CC.CC.CC.CC.CC.CC.Cc1ccc[nH]1.Cc1ccco1.Cc1cccs1.Cc1ccn[nH]1.Cc1ccno1.Cc1ccns1.Cc1cnc[nH]1.Cc1cnco1.Cc1cncs1.Cc1ncc[nH]1.Cc1ncco1.Cc1nccs1.Cc1ncn[nH]1.Cc1ncn[nH]1.Cc1nnc(C)o1.Cn1cccn1. The maximum absolute atomic E-state index is 4.86. The van der Waals surface area contributed by atoms with Crippen molar-refractivity contribution in [2.75, 3.05) is 0 Å². The van der Waals surface area contributed by atoms with Crippen LogP contribution in [0.25, 0.3) is 0 Å². The van der Waals surface area contributed by atoms with Crippen molar-refractivity contribution >= 4 is 45.5 Å². The lowest BCUT2D eigenvalue weighted by Gasteiger charge is -1.77. The van der Waals surface area contributed by atoms with Crippen LogP contribution >= 0.6 is 45.5 Å². The molecule has 16 rings (SSSR count). The number of oxazole rings is 2. The third-order valence-corrected chi connectivity index (χ3v) is 12.5. The van der Waals surface area contributed by atoms with Crippen LogP contribution < -0.4 is 0 Å². The van der Waals surface area contributed by atoms with Crippen LogP contribution in [0.1, 0.15) is 297 Å². The van der Waals surface area contributed by atoms with Crippen molar-refractivity contribution in [3.05, 3.63) is 285 Å². The molecule has 0 radical (unpaired) electrons. The molecule has 32 heteroatoms. The Morgan fingerprint density at radius 3 is 1.04 bits per heavy atom. The molecule has 0 aliphatic rings. The summed E-state index contributed by atoms with van der Waals surface area (Å²) >= 11 is 6.64. The van der Waals surface area contributed by atoms with E-state index >= 15 is 0 Å². The summed E-state index contributed by atoms with van der Waals surface area (Å²) < 4.78 is 29.3. The number of thiophene rings is 1. The minimum absolute atomic E-state index is 0.623. The van der Waals surface area contributed by atoms with E-state index < -0.39 is 0 Å². The fourth-order valence-electron chi connectivity index (χ4n) is 5.12. The molecular formula is C95H179N23O5S4. The highest BCUT2D eigenvalue weighted by atomic mass is 32.1. The first kappa shape index (κ1) is 150. The van der Waals surface area contributed by atoms with E-state index in [0.717, 1.165) is 57.0 Å². The smallest absolute Gasteiger partial charge is 0.213 e. The molecule has 0 atom stereocenters. The second-order valence-electron chi connectivity index (χ2n) is 18.7. The van der Waals surface area contributed by atoms with Gasteiger partial charge in [-0.1, -0.05) is 219 Å². The highest BCUT2D eigenvalue weighted by Crippen LogP contribution is 2.04. The predicted molar refractivity (Wildman–Crippen MR) is 552 cm³/mol. The third-order valence-electron chi connectivity index (χ3n) is 9.68. The topological polar surface area (TPSA) is 372 Å². The fourth-order valence-corrected chi connectivity index (χ4v) is 6.91. The Balaban J connectivity index is -0.0000000794. The molecule has 127 heavy (non-hydrogen) atoms. The van der Waals surface area contributed by atoms with Gasteiger partial charge in [0.25, 0.3) is 0 Å². The lowest BCUT2D eigenvalue weighted by atomic mass is 10.5. The van der Waals surface area contributed by atoms with E-state index in [2.05, 4.69) is 139 Å². The van der Waals surface area contributed by atoms with Gasteiger partial charge >= 0.3 is 0 Å². The monoisotopic (exact) mass is 1850 g/mol. The number of aromatic nitrogens is 23. The third kappa shape index (κ3) is 138. The molecule has 6 N–H and O–H groups in total. The zero-order valence-corrected chi connectivity index (χ0v) is 91.0. The molecule has 0 fully saturated rings. The summed E-state index contributed by atoms with van der Waals surface area (Å²) in [4.78, 5) is 43.0. The standard InChI is InChI=1S/C5H7N.C5H6O.C5H6S.C4H6N2O.4C4H6N2.3C4H5NO.3C4H5NS.2C3H5N3.15C2H6/c3*1-5-3-2-4-6-5;1-3-5-6-4(2)7-3;1-4-2-5-3-6-4;1-6-4-2-3-5-6;1-4-5-2-3-6-4;1-4-2-3-5-6-4;1-4-2-5-3-6-4;1-4-5-2-3-6-4;1-4-2-3-5-6-4;1-4-2-5-3-6-4;1-4-5-2-3-6-4;1-4-2-3-5-6-4;2*1-3-4-2-5-6-3;15*1-2/h2-4,6H,1H3;2*2-4H,1H3;1-2H3;2-3H,1H3,(H,5,6);2-4H,1H3;2*2-3H,1H3,(H,5,6);6*2-3H,1H3;2*2H,1H3,(H,4,5,6);15*1-2H3. The van der Waals surface area contributed by atoms with E-state index in [9.17, 15) is 0 Å². The minimum Gasteiger partial charge on any atom is -0.470 e. The molecule has 0 aliphatic carbocycles. The van der Waals surface area contributed by atoms with Crippen molar-refractivity contribution in [3.63, 3.8) is 0 Å². The van der Waals surface area contributed by atoms with Crippen molar-refractivity contribution in [2.45, 2.75) is 318 Å². The molecule has 0 spiro atoms. The number of aryl methyl sites for hydroxylation is 17. The molecule has 0 bridgehead atoms. The zero-order valence-electron chi connectivity index (χ0n) is 87.8. The molecule has 16 heterocycles. The Kier molecular flexibility index (Phi) is 167. The van der Waals surface area contributed by atoms with Crippen molar-refractivity contribution < 1.29 is 22.2 Å². The lowest BCUT2D eigenvalue weighted by molar-refractivity contribution is 0.397. The van der Waals surface area contributed by atoms with Gasteiger partial charge in [-0.05, 0) is 155 Å². The molecule has 16 aromatic rings. The maximum atomic E-state index is 4.86. The summed E-state index contributed by atoms with van der Waals surface area (Å²) in [6, 6.07) is 19.6. The highest BCUT2D eigenvalue weighted by molar-refractivity contribution is 7.10. The molecule has 728 valence electrons. The van der Waals surface area contributed by atoms with Crippen molar-refractivity contribution in [2.24, 2.45) is 7.05 Å². The van der Waals surface area contributed by atoms with Gasteiger partial charge in [0.1, 0.15) is 53.7 Å². The van der Waals surface area contributed by atoms with Crippen LogP contribution in [0, 0.1) is 111 Å². The quantitative estimate of drug-likeness (QED) is 0.0821. The Hall–Kier alpha value is -11.0. The number of hydrogen-bond acceptors (Lipinski definition) is 25. The summed E-state index contributed by atoms with van der Waals surface area (Å²) in [7, 11) is 1.89. The summed E-state index contributed by atoms with van der Waals surface area (Å²) in [5.41, 5.74) is 5.26. The number of nitrogens with zero attached hydrogens (tertiary/aromatic N) is 17. The van der Waals surface area contributed by atoms with Gasteiger partial charge in [-0.3, -0.25) is 29.9 Å². The zero-order chi connectivity index (χ0) is 101. The van der Waals surface area contributed by atoms with Crippen LogP contribution in [-0.4, -0.2) is 115 Å². The van der Waals surface area contributed by atoms with Crippen LogP contribution in [0.15, 0.2) is 218 Å². The molecule has 0 saturated heterocycles. The van der Waals surface area contributed by atoms with E-state index in [1.807, 2.05) is 370 Å². The van der Waals surface area contributed by atoms with Gasteiger partial charge in [-0.2, -0.15) is 20.4 Å². The lowest BCUT2D eigenvalue weighted by Crippen LogP contribution is -1.83. The number of nitrogens with one attached hydrogen (secondary N) is 6. The van der Waals surface area contributed by atoms with E-state index in [1.54, 1.807) is 146 Å². The Bertz CT molecular complexity index is 2970. The molecule has 28 nitrogen and oxygen atoms in total. The Morgan fingerprint density at radius 2 is 0.921 bits per heavy atom. The number of rotatable bonds is 0. The summed E-state index contributed by atoms with van der Waals surface area (Å²) in [5.74, 6) is 7.32. The van der Waals surface area contributed by atoms with Crippen LogP contribution in [0.5, 0.6) is 0 Å². The number of H-pyrrole nitrogens is 6.